The first-order valence-electron chi connectivity index (χ1n) is 10.0. The van der Waals surface area contributed by atoms with E-state index in [0.29, 0.717) is 12.5 Å². The minimum Gasteiger partial charge on any atom is -0.296 e. The molecule has 0 spiro atoms. The Labute approximate surface area is 178 Å². The molecule has 6 heteroatoms. The van der Waals surface area contributed by atoms with Gasteiger partial charge in [-0.3, -0.25) is 18.9 Å². The Bertz CT molecular complexity index is 1420. The molecule has 3 heterocycles. The van der Waals surface area contributed by atoms with Crippen molar-refractivity contribution in [2.24, 2.45) is 0 Å². The standard InChI is InChI=1S/C24H22N4OS/c1-15(2)18-6-9-22-23(12-18)30-24(29)27(22)14-17-4-7-19(8-5-17)28-16(3)26-20-13-25-11-10-21(20)28/h4-13,15H,14H2,1-3H3. The molecule has 0 aliphatic heterocycles. The number of hydrogen-bond donors (Lipinski definition) is 0. The van der Waals surface area contributed by atoms with Crippen LogP contribution in [0.2, 0.25) is 0 Å². The van der Waals surface area contributed by atoms with Crippen LogP contribution in [0.25, 0.3) is 26.9 Å². The van der Waals surface area contributed by atoms with Crippen molar-refractivity contribution in [3.8, 4) is 5.69 Å². The molecule has 0 bridgehead atoms. The largest absolute Gasteiger partial charge is 0.308 e. The second kappa shape index (κ2) is 7.22. The molecule has 0 atom stereocenters. The Morgan fingerprint density at radius 1 is 1.03 bits per heavy atom. The summed E-state index contributed by atoms with van der Waals surface area (Å²) < 4.78 is 5.04. The lowest BCUT2D eigenvalue weighted by atomic mass is 10.0. The van der Waals surface area contributed by atoms with Crippen LogP contribution in [-0.4, -0.2) is 19.1 Å². The second-order valence-electron chi connectivity index (χ2n) is 7.86. The summed E-state index contributed by atoms with van der Waals surface area (Å²) in [6.45, 7) is 6.90. The molecule has 3 aromatic heterocycles. The normalized spacial score (nSPS) is 11.7. The van der Waals surface area contributed by atoms with Gasteiger partial charge in [0.25, 0.3) is 0 Å². The fourth-order valence-electron chi connectivity index (χ4n) is 3.90. The number of fused-ring (bicyclic) bond motifs is 2. The molecule has 0 saturated heterocycles. The van der Waals surface area contributed by atoms with Gasteiger partial charge in [-0.2, -0.15) is 0 Å². The first-order chi connectivity index (χ1) is 14.5. The number of aromatic nitrogens is 4. The highest BCUT2D eigenvalue weighted by atomic mass is 32.1. The van der Waals surface area contributed by atoms with Gasteiger partial charge in [0.05, 0.1) is 28.5 Å². The van der Waals surface area contributed by atoms with Crippen LogP contribution in [0.5, 0.6) is 0 Å². The third-order valence-corrected chi connectivity index (χ3v) is 6.46. The first kappa shape index (κ1) is 18.8. The number of rotatable bonds is 4. The van der Waals surface area contributed by atoms with E-state index in [1.165, 1.54) is 16.9 Å². The van der Waals surface area contributed by atoms with Gasteiger partial charge in [0, 0.05) is 11.9 Å². The van der Waals surface area contributed by atoms with Gasteiger partial charge in [-0.25, -0.2) is 4.98 Å². The van der Waals surface area contributed by atoms with Crippen molar-refractivity contribution >= 4 is 32.6 Å². The molecule has 5 aromatic rings. The zero-order valence-corrected chi connectivity index (χ0v) is 18.0. The van der Waals surface area contributed by atoms with Gasteiger partial charge in [0.2, 0.25) is 0 Å². The van der Waals surface area contributed by atoms with Gasteiger partial charge in [-0.1, -0.05) is 43.4 Å². The summed E-state index contributed by atoms with van der Waals surface area (Å²) in [5, 5.41) is 0. The molecule has 5 rings (SSSR count). The molecule has 2 aromatic carbocycles. The van der Waals surface area contributed by atoms with E-state index >= 15 is 0 Å². The topological polar surface area (TPSA) is 52.7 Å². The highest BCUT2D eigenvalue weighted by Gasteiger charge is 2.12. The second-order valence-corrected chi connectivity index (χ2v) is 8.85. The fraction of sp³-hybridized carbons (Fsp3) is 0.208. The van der Waals surface area contributed by atoms with Crippen LogP contribution in [0.15, 0.2) is 65.7 Å². The number of benzene rings is 2. The Kier molecular flexibility index (Phi) is 4.51. The molecule has 150 valence electrons. The monoisotopic (exact) mass is 414 g/mol. The SMILES string of the molecule is Cc1nc2cnccc2n1-c1ccc(Cn2c(=O)sc3cc(C(C)C)ccc32)cc1. The summed E-state index contributed by atoms with van der Waals surface area (Å²) in [6.07, 6.45) is 3.57. The van der Waals surface area contributed by atoms with Crippen LogP contribution in [0, 0.1) is 6.92 Å². The molecule has 5 nitrogen and oxygen atoms in total. The average molecular weight is 415 g/mol. The lowest BCUT2D eigenvalue weighted by molar-refractivity contribution is 0.813. The quantitative estimate of drug-likeness (QED) is 0.402. The van der Waals surface area contributed by atoms with Gasteiger partial charge < -0.3 is 0 Å². The number of nitrogens with zero attached hydrogens (tertiary/aromatic N) is 4. The van der Waals surface area contributed by atoms with Gasteiger partial charge >= 0.3 is 4.87 Å². The third-order valence-electron chi connectivity index (χ3n) is 5.52. The van der Waals surface area contributed by atoms with Crippen LogP contribution in [0.3, 0.4) is 0 Å². The van der Waals surface area contributed by atoms with E-state index < -0.39 is 0 Å². The van der Waals surface area contributed by atoms with Crippen LogP contribution in [0.4, 0.5) is 0 Å². The van der Waals surface area contributed by atoms with Crippen LogP contribution in [-0.2, 0) is 6.54 Å². The molecule has 0 radical (unpaired) electrons. The maximum atomic E-state index is 12.6. The Morgan fingerprint density at radius 3 is 2.60 bits per heavy atom. The van der Waals surface area contributed by atoms with Gasteiger partial charge in [-0.15, -0.1) is 0 Å². The van der Waals surface area contributed by atoms with E-state index in [1.807, 2.05) is 17.6 Å². The number of hydrogen-bond acceptors (Lipinski definition) is 4. The van der Waals surface area contributed by atoms with E-state index in [2.05, 4.69) is 70.8 Å². The summed E-state index contributed by atoms with van der Waals surface area (Å²) in [6, 6.07) is 16.7. The molecule has 30 heavy (non-hydrogen) atoms. The maximum Gasteiger partial charge on any atom is 0.308 e. The van der Waals surface area contributed by atoms with Crippen molar-refractivity contribution in [1.82, 2.24) is 19.1 Å². The van der Waals surface area contributed by atoms with E-state index in [4.69, 9.17) is 0 Å². The summed E-state index contributed by atoms with van der Waals surface area (Å²) in [7, 11) is 0. The van der Waals surface area contributed by atoms with E-state index in [-0.39, 0.29) is 4.87 Å². The molecule has 0 N–H and O–H groups in total. The van der Waals surface area contributed by atoms with Gasteiger partial charge in [0.1, 0.15) is 11.3 Å². The van der Waals surface area contributed by atoms with Crippen LogP contribution < -0.4 is 4.87 Å². The lowest BCUT2D eigenvalue weighted by Gasteiger charge is -2.10. The van der Waals surface area contributed by atoms with Crippen molar-refractivity contribution in [1.29, 1.82) is 0 Å². The smallest absolute Gasteiger partial charge is 0.296 e. The zero-order chi connectivity index (χ0) is 20.8. The summed E-state index contributed by atoms with van der Waals surface area (Å²) in [4.78, 5) is 21.5. The molecular weight excluding hydrogens is 392 g/mol. The molecule has 0 unspecified atom stereocenters. The summed E-state index contributed by atoms with van der Waals surface area (Å²) in [5.41, 5.74) is 6.33. The van der Waals surface area contributed by atoms with E-state index in [1.54, 1.807) is 12.4 Å². The number of imidazole rings is 1. The predicted octanol–water partition coefficient (Wildman–Crippen LogP) is 5.28. The van der Waals surface area contributed by atoms with Crippen molar-refractivity contribution in [2.75, 3.05) is 0 Å². The minimum atomic E-state index is 0.0823. The highest BCUT2D eigenvalue weighted by Crippen LogP contribution is 2.25. The summed E-state index contributed by atoms with van der Waals surface area (Å²) in [5.74, 6) is 1.37. The Morgan fingerprint density at radius 2 is 1.83 bits per heavy atom. The zero-order valence-electron chi connectivity index (χ0n) is 17.2. The molecule has 0 saturated carbocycles. The van der Waals surface area contributed by atoms with Crippen LogP contribution in [0.1, 0.15) is 36.7 Å². The highest BCUT2D eigenvalue weighted by molar-refractivity contribution is 7.16. The fourth-order valence-corrected chi connectivity index (χ4v) is 4.84. The third kappa shape index (κ3) is 3.13. The molecule has 0 aliphatic carbocycles. The maximum absolute atomic E-state index is 12.6. The predicted molar refractivity (Wildman–Crippen MR) is 123 cm³/mol. The summed E-state index contributed by atoms with van der Waals surface area (Å²) >= 11 is 1.32. The van der Waals surface area contributed by atoms with Crippen molar-refractivity contribution < 1.29 is 0 Å². The van der Waals surface area contributed by atoms with Gasteiger partial charge in [-0.05, 0) is 54.3 Å². The minimum absolute atomic E-state index is 0.0823. The van der Waals surface area contributed by atoms with Crippen molar-refractivity contribution in [3.63, 3.8) is 0 Å². The molecule has 0 aliphatic rings. The average Bonchev–Trinajstić information content (AvgIpc) is 3.24. The van der Waals surface area contributed by atoms with Crippen molar-refractivity contribution in [3.05, 3.63) is 87.5 Å². The van der Waals surface area contributed by atoms with Crippen LogP contribution >= 0.6 is 11.3 Å². The lowest BCUT2D eigenvalue weighted by Crippen LogP contribution is -2.13. The number of thiazole rings is 1. The van der Waals surface area contributed by atoms with Gasteiger partial charge in [0.15, 0.2) is 0 Å². The van der Waals surface area contributed by atoms with E-state index in [9.17, 15) is 4.79 Å². The Balaban J connectivity index is 1.49. The number of pyridine rings is 1. The Hall–Kier alpha value is -3.25. The van der Waals surface area contributed by atoms with E-state index in [0.717, 1.165) is 38.3 Å². The van der Waals surface area contributed by atoms with Crippen molar-refractivity contribution in [2.45, 2.75) is 33.2 Å². The molecular formula is C24H22N4OS. The molecule has 0 amide bonds. The number of aryl methyl sites for hydroxylation is 1. The first-order valence-corrected chi connectivity index (χ1v) is 10.8. The molecule has 0 fully saturated rings.